The minimum absolute atomic E-state index is 0. The molecule has 0 bridgehead atoms. The van der Waals surface area contributed by atoms with Gasteiger partial charge in [0.15, 0.2) is 0 Å². The third-order valence-corrected chi connectivity index (χ3v) is 4.69. The summed E-state index contributed by atoms with van der Waals surface area (Å²) in [5, 5.41) is 5.38. The van der Waals surface area contributed by atoms with E-state index in [2.05, 4.69) is 28.3 Å². The van der Waals surface area contributed by atoms with E-state index in [4.69, 9.17) is 11.6 Å². The number of fused-ring (bicyclic) bond motifs is 1. The molecule has 1 aliphatic rings. The molecule has 0 unspecified atom stereocenters. The second-order valence-corrected chi connectivity index (χ2v) is 5.95. The first-order valence-electron chi connectivity index (χ1n) is 6.40. The molecule has 6 heteroatoms. The molecule has 20 heavy (non-hydrogen) atoms. The van der Waals surface area contributed by atoms with Crippen LogP contribution in [0, 0.1) is 0 Å². The lowest BCUT2D eigenvalue weighted by atomic mass is 10.0. The van der Waals surface area contributed by atoms with Gasteiger partial charge in [0.25, 0.3) is 0 Å². The summed E-state index contributed by atoms with van der Waals surface area (Å²) < 4.78 is 0. The Morgan fingerprint density at radius 1 is 1.30 bits per heavy atom. The quantitative estimate of drug-likeness (QED) is 0.911. The van der Waals surface area contributed by atoms with Crippen molar-refractivity contribution in [3.63, 3.8) is 0 Å². The molecule has 0 spiro atoms. The average Bonchev–Trinajstić information content (AvgIpc) is 2.84. The zero-order chi connectivity index (χ0) is 13.2. The summed E-state index contributed by atoms with van der Waals surface area (Å²) in [5.41, 5.74) is 5.75. The second kappa shape index (κ2) is 6.76. The molecule has 3 nitrogen and oxygen atoms in total. The number of nitrogens with zero attached hydrogens (tertiary/aromatic N) is 2. The van der Waals surface area contributed by atoms with Crippen molar-refractivity contribution in [2.24, 2.45) is 0 Å². The maximum absolute atomic E-state index is 6.45. The molecule has 0 saturated carbocycles. The van der Waals surface area contributed by atoms with Crippen LogP contribution >= 0.6 is 35.3 Å². The number of rotatable bonds is 2. The van der Waals surface area contributed by atoms with Crippen LogP contribution in [-0.2, 0) is 12.8 Å². The number of halogens is 2. The number of hydrogen-bond acceptors (Lipinski definition) is 4. The molecule has 2 aromatic rings. The van der Waals surface area contributed by atoms with Crippen molar-refractivity contribution in [3.05, 3.63) is 40.0 Å². The molecule has 1 N–H and O–H groups in total. The van der Waals surface area contributed by atoms with Gasteiger partial charge in [-0.25, -0.2) is 0 Å². The predicted molar refractivity (Wildman–Crippen MR) is 89.2 cm³/mol. The highest BCUT2D eigenvalue weighted by Gasteiger charge is 2.19. The van der Waals surface area contributed by atoms with E-state index in [0.717, 1.165) is 41.6 Å². The number of benzene rings is 1. The number of thiazole rings is 1. The van der Waals surface area contributed by atoms with Crippen LogP contribution in [-0.4, -0.2) is 25.1 Å². The predicted octanol–water partition coefficient (Wildman–Crippen LogP) is 3.67. The Hall–Kier alpha value is -0.810. The highest BCUT2D eigenvalue weighted by molar-refractivity contribution is 7.13. The van der Waals surface area contributed by atoms with Crippen LogP contribution in [0.15, 0.2) is 23.8 Å². The SMILES string of the molecule is CN(c1cncs1)c1c(Cl)ccc2c1CCNCC2.Cl. The van der Waals surface area contributed by atoms with Gasteiger partial charge < -0.3 is 10.2 Å². The third-order valence-electron chi connectivity index (χ3n) is 3.54. The Morgan fingerprint density at radius 3 is 2.85 bits per heavy atom. The van der Waals surface area contributed by atoms with Gasteiger partial charge in [0.1, 0.15) is 5.00 Å². The van der Waals surface area contributed by atoms with Crippen molar-refractivity contribution in [3.8, 4) is 0 Å². The number of anilines is 2. The molecule has 1 aliphatic heterocycles. The second-order valence-electron chi connectivity index (χ2n) is 4.68. The molecule has 3 rings (SSSR count). The van der Waals surface area contributed by atoms with Crippen LogP contribution in [0.25, 0.3) is 0 Å². The Kier molecular flexibility index (Phi) is 5.27. The van der Waals surface area contributed by atoms with Gasteiger partial charge in [-0.1, -0.05) is 17.7 Å². The zero-order valence-corrected chi connectivity index (χ0v) is 13.6. The lowest BCUT2D eigenvalue weighted by Crippen LogP contribution is -2.16. The molecule has 108 valence electrons. The van der Waals surface area contributed by atoms with Gasteiger partial charge in [0, 0.05) is 7.05 Å². The lowest BCUT2D eigenvalue weighted by molar-refractivity contribution is 0.711. The summed E-state index contributed by atoms with van der Waals surface area (Å²) in [6, 6.07) is 4.17. The Morgan fingerprint density at radius 2 is 2.10 bits per heavy atom. The van der Waals surface area contributed by atoms with E-state index in [1.165, 1.54) is 11.1 Å². The largest absolute Gasteiger partial charge is 0.334 e. The van der Waals surface area contributed by atoms with E-state index < -0.39 is 0 Å². The summed E-state index contributed by atoms with van der Waals surface area (Å²) in [4.78, 5) is 6.31. The van der Waals surface area contributed by atoms with Gasteiger partial charge >= 0.3 is 0 Å². The highest BCUT2D eigenvalue weighted by atomic mass is 35.5. The van der Waals surface area contributed by atoms with E-state index in [1.807, 2.05) is 17.8 Å². The fourth-order valence-corrected chi connectivity index (χ4v) is 3.48. The summed E-state index contributed by atoms with van der Waals surface area (Å²) >= 11 is 8.08. The molecular formula is C14H17Cl2N3S. The maximum atomic E-state index is 6.45. The number of hydrogen-bond donors (Lipinski definition) is 1. The van der Waals surface area contributed by atoms with Gasteiger partial charge in [0.2, 0.25) is 0 Å². The molecule has 0 fully saturated rings. The lowest BCUT2D eigenvalue weighted by Gasteiger charge is -2.23. The fraction of sp³-hybridized carbons (Fsp3) is 0.357. The van der Waals surface area contributed by atoms with Gasteiger partial charge in [-0.05, 0) is 43.1 Å². The van der Waals surface area contributed by atoms with Crippen LogP contribution in [0.1, 0.15) is 11.1 Å². The zero-order valence-electron chi connectivity index (χ0n) is 11.2. The molecule has 0 atom stereocenters. The van der Waals surface area contributed by atoms with Crippen LogP contribution in [0.5, 0.6) is 0 Å². The van der Waals surface area contributed by atoms with E-state index in [-0.39, 0.29) is 12.4 Å². The summed E-state index contributed by atoms with van der Waals surface area (Å²) in [6.45, 7) is 2.05. The summed E-state index contributed by atoms with van der Waals surface area (Å²) in [5.74, 6) is 0. The maximum Gasteiger partial charge on any atom is 0.115 e. The molecule has 0 amide bonds. The Balaban J connectivity index is 0.00000147. The molecule has 0 radical (unpaired) electrons. The van der Waals surface area contributed by atoms with Crippen LogP contribution in [0.3, 0.4) is 0 Å². The molecule has 0 aliphatic carbocycles. The Labute approximate surface area is 134 Å². The van der Waals surface area contributed by atoms with Crippen molar-refractivity contribution >= 4 is 46.0 Å². The standard InChI is InChI=1S/C14H16ClN3S.ClH/c1-18(13-8-17-9-19-13)14-11-5-7-16-6-4-10(11)2-3-12(14)15;/h2-3,8-9,16H,4-7H2,1H3;1H. The summed E-state index contributed by atoms with van der Waals surface area (Å²) in [6.07, 6.45) is 3.97. The molecular weight excluding hydrogens is 313 g/mol. The average molecular weight is 330 g/mol. The highest BCUT2D eigenvalue weighted by Crippen LogP contribution is 2.37. The van der Waals surface area contributed by atoms with Crippen molar-refractivity contribution in [1.82, 2.24) is 10.3 Å². The normalized spacial score (nSPS) is 14.1. The topological polar surface area (TPSA) is 28.2 Å². The molecule has 2 heterocycles. The monoisotopic (exact) mass is 329 g/mol. The van der Waals surface area contributed by atoms with Gasteiger partial charge in [0.05, 0.1) is 22.4 Å². The number of aromatic nitrogens is 1. The van der Waals surface area contributed by atoms with Gasteiger partial charge in [-0.15, -0.1) is 23.7 Å². The van der Waals surface area contributed by atoms with Crippen molar-refractivity contribution in [2.75, 3.05) is 25.0 Å². The third kappa shape index (κ3) is 2.93. The first-order chi connectivity index (χ1) is 9.27. The molecule has 1 aromatic heterocycles. The fourth-order valence-electron chi connectivity index (χ4n) is 2.57. The Bertz CT molecular complexity index is 572. The van der Waals surface area contributed by atoms with Gasteiger partial charge in [-0.2, -0.15) is 0 Å². The first-order valence-corrected chi connectivity index (χ1v) is 7.66. The van der Waals surface area contributed by atoms with Crippen molar-refractivity contribution in [2.45, 2.75) is 12.8 Å². The van der Waals surface area contributed by atoms with Crippen molar-refractivity contribution < 1.29 is 0 Å². The molecule has 0 saturated heterocycles. The van der Waals surface area contributed by atoms with Crippen LogP contribution in [0.4, 0.5) is 10.7 Å². The number of nitrogens with one attached hydrogen (secondary N) is 1. The van der Waals surface area contributed by atoms with E-state index in [0.29, 0.717) is 0 Å². The van der Waals surface area contributed by atoms with Crippen molar-refractivity contribution in [1.29, 1.82) is 0 Å². The van der Waals surface area contributed by atoms with Crippen LogP contribution < -0.4 is 10.2 Å². The van der Waals surface area contributed by atoms with E-state index in [1.54, 1.807) is 11.3 Å². The van der Waals surface area contributed by atoms with Gasteiger partial charge in [-0.3, -0.25) is 4.98 Å². The van der Waals surface area contributed by atoms with E-state index >= 15 is 0 Å². The first kappa shape index (κ1) is 15.6. The molecule has 1 aromatic carbocycles. The smallest absolute Gasteiger partial charge is 0.115 e. The van der Waals surface area contributed by atoms with E-state index in [9.17, 15) is 0 Å². The van der Waals surface area contributed by atoms with Crippen LogP contribution in [0.2, 0.25) is 5.02 Å². The minimum Gasteiger partial charge on any atom is -0.334 e. The minimum atomic E-state index is 0. The summed E-state index contributed by atoms with van der Waals surface area (Å²) in [7, 11) is 2.06.